The van der Waals surface area contributed by atoms with Gasteiger partial charge in [0.1, 0.15) is 10.7 Å². The highest BCUT2D eigenvalue weighted by Gasteiger charge is 2.24. The molecule has 6 heteroatoms. The summed E-state index contributed by atoms with van der Waals surface area (Å²) >= 11 is 3.43. The van der Waals surface area contributed by atoms with Gasteiger partial charge in [0, 0.05) is 17.7 Å². The molecule has 138 valence electrons. The lowest BCUT2D eigenvalue weighted by atomic mass is 9.95. The lowest BCUT2D eigenvalue weighted by Crippen LogP contribution is -2.15. The molecule has 1 aliphatic rings. The topological polar surface area (TPSA) is 43.7 Å². The van der Waals surface area contributed by atoms with E-state index in [1.807, 2.05) is 24.3 Å². The van der Waals surface area contributed by atoms with Crippen LogP contribution in [-0.2, 0) is 6.42 Å². The summed E-state index contributed by atoms with van der Waals surface area (Å²) in [6, 6.07) is 14.4. The van der Waals surface area contributed by atoms with Crippen molar-refractivity contribution in [1.29, 1.82) is 0 Å². The van der Waals surface area contributed by atoms with E-state index in [9.17, 15) is 0 Å². The number of fused-ring (bicyclic) bond motifs is 1. The predicted molar refractivity (Wildman–Crippen MR) is 113 cm³/mol. The van der Waals surface area contributed by atoms with E-state index in [4.69, 9.17) is 19.5 Å². The molecule has 0 atom stereocenters. The molecule has 0 saturated heterocycles. The SMILES string of the molecule is COc1cc2c(cc1OC)C(c1nc(-c3ccccc3)sc1SC)=NCC2. The van der Waals surface area contributed by atoms with Crippen molar-refractivity contribution in [3.8, 4) is 22.1 Å². The number of hydrogen-bond acceptors (Lipinski definition) is 6. The summed E-state index contributed by atoms with van der Waals surface area (Å²) in [6.45, 7) is 0.754. The van der Waals surface area contributed by atoms with Crippen molar-refractivity contribution in [3.05, 3.63) is 59.3 Å². The summed E-state index contributed by atoms with van der Waals surface area (Å²) in [5.74, 6) is 1.47. The summed E-state index contributed by atoms with van der Waals surface area (Å²) in [6.07, 6.45) is 2.98. The third kappa shape index (κ3) is 3.35. The first-order valence-electron chi connectivity index (χ1n) is 8.65. The van der Waals surface area contributed by atoms with Gasteiger partial charge in [0.25, 0.3) is 0 Å². The van der Waals surface area contributed by atoms with Crippen LogP contribution in [0.15, 0.2) is 51.7 Å². The first-order chi connectivity index (χ1) is 13.2. The van der Waals surface area contributed by atoms with Crippen molar-refractivity contribution in [2.75, 3.05) is 27.0 Å². The largest absolute Gasteiger partial charge is 0.493 e. The van der Waals surface area contributed by atoms with Crippen molar-refractivity contribution in [2.24, 2.45) is 4.99 Å². The van der Waals surface area contributed by atoms with Gasteiger partial charge in [-0.25, -0.2) is 4.98 Å². The Kier molecular flexibility index (Phi) is 5.18. The van der Waals surface area contributed by atoms with Crippen molar-refractivity contribution < 1.29 is 9.47 Å². The van der Waals surface area contributed by atoms with Crippen LogP contribution in [0.4, 0.5) is 0 Å². The van der Waals surface area contributed by atoms with Gasteiger partial charge in [0.05, 0.1) is 24.1 Å². The first-order valence-corrected chi connectivity index (χ1v) is 10.7. The molecule has 4 rings (SSSR count). The number of rotatable bonds is 5. The number of thiazole rings is 1. The lowest BCUT2D eigenvalue weighted by Gasteiger charge is -2.19. The van der Waals surface area contributed by atoms with E-state index in [0.717, 1.165) is 52.0 Å². The van der Waals surface area contributed by atoms with Crippen LogP contribution < -0.4 is 9.47 Å². The second-order valence-electron chi connectivity index (χ2n) is 6.07. The number of aliphatic imine (C=N–C) groups is 1. The number of nitrogens with zero attached hydrogens (tertiary/aromatic N) is 2. The molecule has 4 nitrogen and oxygen atoms in total. The average Bonchev–Trinajstić information content (AvgIpc) is 3.17. The highest BCUT2D eigenvalue weighted by Crippen LogP contribution is 2.38. The Morgan fingerprint density at radius 3 is 2.48 bits per heavy atom. The number of thioether (sulfide) groups is 1. The molecule has 0 aliphatic carbocycles. The Balaban J connectivity index is 1.83. The van der Waals surface area contributed by atoms with Crippen LogP contribution in [0, 0.1) is 0 Å². The van der Waals surface area contributed by atoms with Crippen LogP contribution in [0.1, 0.15) is 16.8 Å². The minimum Gasteiger partial charge on any atom is -0.493 e. The molecular weight excluding hydrogens is 376 g/mol. The molecule has 1 aliphatic heterocycles. The van der Waals surface area contributed by atoms with Gasteiger partial charge in [-0.1, -0.05) is 30.3 Å². The van der Waals surface area contributed by atoms with Crippen molar-refractivity contribution in [2.45, 2.75) is 10.6 Å². The van der Waals surface area contributed by atoms with Crippen LogP contribution in [0.5, 0.6) is 11.5 Å². The maximum Gasteiger partial charge on any atom is 0.161 e. The minimum absolute atomic E-state index is 0.718. The van der Waals surface area contributed by atoms with Crippen LogP contribution in [0.3, 0.4) is 0 Å². The Morgan fingerprint density at radius 1 is 1.04 bits per heavy atom. The number of benzene rings is 2. The van der Waals surface area contributed by atoms with Gasteiger partial charge in [-0.15, -0.1) is 23.1 Å². The van der Waals surface area contributed by atoms with E-state index in [-0.39, 0.29) is 0 Å². The van der Waals surface area contributed by atoms with Crippen LogP contribution in [0.25, 0.3) is 10.6 Å². The van der Waals surface area contributed by atoms with Gasteiger partial charge in [-0.3, -0.25) is 4.99 Å². The number of ether oxygens (including phenoxy) is 2. The first kappa shape index (κ1) is 18.1. The molecule has 0 fully saturated rings. The zero-order chi connectivity index (χ0) is 18.8. The van der Waals surface area contributed by atoms with E-state index in [1.54, 1.807) is 37.3 Å². The summed E-state index contributed by atoms with van der Waals surface area (Å²) in [5.41, 5.74) is 5.34. The number of methoxy groups -OCH3 is 2. The van der Waals surface area contributed by atoms with E-state index in [1.165, 1.54) is 9.77 Å². The van der Waals surface area contributed by atoms with E-state index in [0.29, 0.717) is 0 Å². The van der Waals surface area contributed by atoms with Crippen molar-refractivity contribution >= 4 is 28.8 Å². The zero-order valence-corrected chi connectivity index (χ0v) is 17.1. The number of hydrogen-bond donors (Lipinski definition) is 0. The zero-order valence-electron chi connectivity index (χ0n) is 15.5. The second-order valence-corrected chi connectivity index (χ2v) is 8.14. The summed E-state index contributed by atoms with van der Waals surface area (Å²) in [4.78, 5) is 9.81. The highest BCUT2D eigenvalue weighted by molar-refractivity contribution is 8.00. The van der Waals surface area contributed by atoms with E-state index >= 15 is 0 Å². The van der Waals surface area contributed by atoms with Gasteiger partial charge in [0.2, 0.25) is 0 Å². The molecule has 3 aromatic rings. The maximum absolute atomic E-state index is 5.51. The standard InChI is InChI=1S/C21H20N2O2S2/c1-24-16-11-14-9-10-22-18(15(14)12-17(16)25-2)19-21(26-3)27-20(23-19)13-7-5-4-6-8-13/h4-8,11-12H,9-10H2,1-3H3. The fourth-order valence-electron chi connectivity index (χ4n) is 3.22. The third-order valence-corrected chi connectivity index (χ3v) is 6.76. The molecule has 27 heavy (non-hydrogen) atoms. The van der Waals surface area contributed by atoms with E-state index in [2.05, 4.69) is 24.5 Å². The van der Waals surface area contributed by atoms with Gasteiger partial charge >= 0.3 is 0 Å². The Bertz CT molecular complexity index is 997. The fourth-order valence-corrected chi connectivity index (χ4v) is 4.93. The summed E-state index contributed by atoms with van der Waals surface area (Å²) in [5, 5.41) is 1.02. The highest BCUT2D eigenvalue weighted by atomic mass is 32.2. The number of aromatic nitrogens is 1. The van der Waals surface area contributed by atoms with E-state index < -0.39 is 0 Å². The molecule has 0 N–H and O–H groups in total. The van der Waals surface area contributed by atoms with Crippen molar-refractivity contribution in [1.82, 2.24) is 4.98 Å². The van der Waals surface area contributed by atoms with Crippen LogP contribution in [0.2, 0.25) is 0 Å². The van der Waals surface area contributed by atoms with Crippen LogP contribution >= 0.6 is 23.1 Å². The van der Waals surface area contributed by atoms with Gasteiger partial charge in [-0.2, -0.15) is 0 Å². The molecular formula is C21H20N2O2S2. The molecule has 2 heterocycles. The molecule has 0 spiro atoms. The average molecular weight is 397 g/mol. The van der Waals surface area contributed by atoms with Gasteiger partial charge in [-0.05, 0) is 30.4 Å². The minimum atomic E-state index is 0.718. The molecule has 1 aromatic heterocycles. The maximum atomic E-state index is 5.51. The van der Waals surface area contributed by atoms with Gasteiger partial charge in [0.15, 0.2) is 11.5 Å². The summed E-state index contributed by atoms with van der Waals surface area (Å²) in [7, 11) is 3.33. The smallest absolute Gasteiger partial charge is 0.161 e. The van der Waals surface area contributed by atoms with Crippen molar-refractivity contribution in [3.63, 3.8) is 0 Å². The van der Waals surface area contributed by atoms with Crippen LogP contribution in [-0.4, -0.2) is 37.7 Å². The summed E-state index contributed by atoms with van der Waals surface area (Å²) < 4.78 is 12.2. The molecule has 2 aromatic carbocycles. The quantitative estimate of drug-likeness (QED) is 0.573. The molecule has 0 saturated carbocycles. The Hall–Kier alpha value is -2.31. The molecule has 0 radical (unpaired) electrons. The molecule has 0 bridgehead atoms. The normalized spacial score (nSPS) is 13.1. The lowest BCUT2D eigenvalue weighted by molar-refractivity contribution is 0.354. The Morgan fingerprint density at radius 2 is 1.78 bits per heavy atom. The second kappa shape index (κ2) is 7.74. The third-order valence-electron chi connectivity index (χ3n) is 4.54. The Labute approximate surface area is 167 Å². The fraction of sp³-hybridized carbons (Fsp3) is 0.238. The van der Waals surface area contributed by atoms with Gasteiger partial charge < -0.3 is 9.47 Å². The monoisotopic (exact) mass is 396 g/mol. The molecule has 0 amide bonds. The predicted octanol–water partition coefficient (Wildman–Crippen LogP) is 4.94. The molecule has 0 unspecified atom stereocenters.